The monoisotopic (exact) mass is 338 g/mol. The van der Waals surface area contributed by atoms with Gasteiger partial charge in [-0.2, -0.15) is 0 Å². The molecule has 0 unspecified atom stereocenters. The van der Waals surface area contributed by atoms with Crippen LogP contribution in [0.15, 0.2) is 36.5 Å². The molecule has 1 saturated carbocycles. The summed E-state index contributed by atoms with van der Waals surface area (Å²) in [5.74, 6) is 1.07. The molecule has 1 amide bonds. The van der Waals surface area contributed by atoms with Gasteiger partial charge in [0.25, 0.3) is 0 Å². The summed E-state index contributed by atoms with van der Waals surface area (Å²) in [5.41, 5.74) is 4.20. The van der Waals surface area contributed by atoms with Gasteiger partial charge in [-0.15, -0.1) is 0 Å². The number of nitrogens with one attached hydrogen (secondary N) is 2. The number of hydrogen-bond acceptors (Lipinski definition) is 4. The number of anilines is 4. The lowest BCUT2D eigenvalue weighted by molar-refractivity contribution is -0.117. The number of carbonyl (C=O) groups is 1. The first-order valence-corrected chi connectivity index (χ1v) is 9.00. The fraction of sp³-hybridized carbons (Fsp3) is 0.400. The van der Waals surface area contributed by atoms with Crippen molar-refractivity contribution < 1.29 is 4.79 Å². The summed E-state index contributed by atoms with van der Waals surface area (Å²) in [6.07, 6.45) is 3.70. The first-order chi connectivity index (χ1) is 12.1. The molecule has 1 aliphatic carbocycles. The van der Waals surface area contributed by atoms with Crippen molar-refractivity contribution in [3.8, 4) is 0 Å². The third-order valence-electron chi connectivity index (χ3n) is 4.58. The molecule has 3 rings (SSSR count). The van der Waals surface area contributed by atoms with Crippen LogP contribution < -0.4 is 15.5 Å². The zero-order valence-corrected chi connectivity index (χ0v) is 15.2. The minimum atomic E-state index is 0.102. The van der Waals surface area contributed by atoms with E-state index in [1.54, 1.807) is 6.20 Å². The maximum Gasteiger partial charge on any atom is 0.227 e. The standard InChI is InChI=1S/C20H26N4O/c1-4-24(5-2)17-9-10-18(14(3)12-17)23-19-11-8-16(13-21-19)22-20(25)15-6-7-15/h8-13,15H,4-7H2,1-3H3,(H,21,23)(H,22,25). The van der Waals surface area contributed by atoms with E-state index in [1.807, 2.05) is 12.1 Å². The number of benzene rings is 1. The van der Waals surface area contributed by atoms with Gasteiger partial charge in [0.05, 0.1) is 11.9 Å². The van der Waals surface area contributed by atoms with Crippen molar-refractivity contribution in [3.63, 3.8) is 0 Å². The lowest BCUT2D eigenvalue weighted by atomic mass is 10.1. The molecule has 0 aliphatic heterocycles. The van der Waals surface area contributed by atoms with Crippen molar-refractivity contribution in [2.45, 2.75) is 33.6 Å². The summed E-state index contributed by atoms with van der Waals surface area (Å²) in [6.45, 7) is 8.42. The Morgan fingerprint density at radius 1 is 1.20 bits per heavy atom. The molecule has 2 aromatic rings. The molecule has 1 fully saturated rings. The third-order valence-corrected chi connectivity index (χ3v) is 4.58. The van der Waals surface area contributed by atoms with Crippen LogP contribution in [0.3, 0.4) is 0 Å². The molecule has 1 aromatic heterocycles. The average Bonchev–Trinajstić information content (AvgIpc) is 3.45. The van der Waals surface area contributed by atoms with E-state index in [9.17, 15) is 4.79 Å². The minimum Gasteiger partial charge on any atom is -0.372 e. The molecule has 2 N–H and O–H groups in total. The van der Waals surface area contributed by atoms with E-state index in [0.717, 1.165) is 43.1 Å². The Hall–Kier alpha value is -2.56. The Balaban J connectivity index is 1.66. The van der Waals surface area contributed by atoms with Crippen molar-refractivity contribution in [3.05, 3.63) is 42.1 Å². The van der Waals surface area contributed by atoms with Gasteiger partial charge in [0.1, 0.15) is 5.82 Å². The van der Waals surface area contributed by atoms with E-state index in [2.05, 4.69) is 59.5 Å². The lowest BCUT2D eigenvalue weighted by Crippen LogP contribution is -2.21. The molecule has 5 heteroatoms. The summed E-state index contributed by atoms with van der Waals surface area (Å²) >= 11 is 0. The molecule has 0 saturated heterocycles. The quantitative estimate of drug-likeness (QED) is 0.789. The second kappa shape index (κ2) is 7.55. The summed E-state index contributed by atoms with van der Waals surface area (Å²) in [6, 6.07) is 10.2. The highest BCUT2D eigenvalue weighted by molar-refractivity contribution is 5.93. The van der Waals surface area contributed by atoms with E-state index >= 15 is 0 Å². The van der Waals surface area contributed by atoms with Crippen LogP contribution in [0.1, 0.15) is 32.3 Å². The second-order valence-corrected chi connectivity index (χ2v) is 6.49. The molecule has 1 aliphatic rings. The Morgan fingerprint density at radius 2 is 1.96 bits per heavy atom. The van der Waals surface area contributed by atoms with Crippen molar-refractivity contribution in [1.29, 1.82) is 0 Å². The SMILES string of the molecule is CCN(CC)c1ccc(Nc2ccc(NC(=O)C3CC3)cn2)c(C)c1. The first-order valence-electron chi connectivity index (χ1n) is 9.00. The number of aryl methyl sites for hydroxylation is 1. The topological polar surface area (TPSA) is 57.3 Å². The van der Waals surface area contributed by atoms with Gasteiger partial charge >= 0.3 is 0 Å². The van der Waals surface area contributed by atoms with Crippen molar-refractivity contribution in [2.24, 2.45) is 5.92 Å². The fourth-order valence-electron chi connectivity index (χ4n) is 2.84. The Bertz CT molecular complexity index is 734. The number of hydrogen-bond donors (Lipinski definition) is 2. The Kier molecular flexibility index (Phi) is 5.22. The van der Waals surface area contributed by atoms with Gasteiger partial charge in [-0.05, 0) is 69.5 Å². The molecule has 132 valence electrons. The van der Waals surface area contributed by atoms with E-state index in [0.29, 0.717) is 0 Å². The number of nitrogens with zero attached hydrogens (tertiary/aromatic N) is 2. The highest BCUT2D eigenvalue weighted by Crippen LogP contribution is 2.30. The minimum absolute atomic E-state index is 0.102. The lowest BCUT2D eigenvalue weighted by Gasteiger charge is -2.22. The molecule has 5 nitrogen and oxygen atoms in total. The molecule has 0 spiro atoms. The van der Waals surface area contributed by atoms with Crippen LogP contribution >= 0.6 is 0 Å². The summed E-state index contributed by atoms with van der Waals surface area (Å²) in [4.78, 5) is 18.5. The molecular formula is C20H26N4O. The largest absolute Gasteiger partial charge is 0.372 e. The number of aromatic nitrogens is 1. The number of rotatable bonds is 7. The zero-order chi connectivity index (χ0) is 17.8. The summed E-state index contributed by atoms with van der Waals surface area (Å²) in [5, 5.41) is 6.25. The van der Waals surface area contributed by atoms with E-state index in [4.69, 9.17) is 0 Å². The van der Waals surface area contributed by atoms with E-state index in [-0.39, 0.29) is 11.8 Å². The summed E-state index contributed by atoms with van der Waals surface area (Å²) in [7, 11) is 0. The van der Waals surface area contributed by atoms with Gasteiger partial charge in [-0.1, -0.05) is 0 Å². The van der Waals surface area contributed by atoms with Crippen LogP contribution in [0, 0.1) is 12.8 Å². The van der Waals surface area contributed by atoms with Crippen molar-refractivity contribution in [1.82, 2.24) is 4.98 Å². The fourth-order valence-corrected chi connectivity index (χ4v) is 2.84. The van der Waals surface area contributed by atoms with E-state index in [1.165, 1.54) is 11.3 Å². The van der Waals surface area contributed by atoms with E-state index < -0.39 is 0 Å². The molecule has 0 atom stereocenters. The average molecular weight is 338 g/mol. The molecule has 0 bridgehead atoms. The van der Waals surface area contributed by atoms with Crippen LogP contribution in [-0.2, 0) is 4.79 Å². The normalized spacial score (nSPS) is 13.4. The Labute approximate surface area is 149 Å². The second-order valence-electron chi connectivity index (χ2n) is 6.49. The van der Waals surface area contributed by atoms with Gasteiger partial charge in [0, 0.05) is 30.4 Å². The smallest absolute Gasteiger partial charge is 0.227 e. The highest BCUT2D eigenvalue weighted by atomic mass is 16.2. The molecule has 25 heavy (non-hydrogen) atoms. The molecule has 1 heterocycles. The van der Waals surface area contributed by atoms with Crippen LogP contribution in [0.5, 0.6) is 0 Å². The molecule has 0 radical (unpaired) electrons. The van der Waals surface area contributed by atoms with Gasteiger partial charge in [0.2, 0.25) is 5.91 Å². The first kappa shape index (κ1) is 17.3. The van der Waals surface area contributed by atoms with Crippen LogP contribution in [0.4, 0.5) is 22.9 Å². The number of carbonyl (C=O) groups excluding carboxylic acids is 1. The van der Waals surface area contributed by atoms with Gasteiger partial charge < -0.3 is 15.5 Å². The number of pyridine rings is 1. The van der Waals surface area contributed by atoms with Gasteiger partial charge in [-0.25, -0.2) is 4.98 Å². The molecule has 1 aromatic carbocycles. The van der Waals surface area contributed by atoms with Gasteiger partial charge in [0.15, 0.2) is 0 Å². The van der Waals surface area contributed by atoms with Crippen molar-refractivity contribution in [2.75, 3.05) is 28.6 Å². The van der Waals surface area contributed by atoms with Crippen LogP contribution in [-0.4, -0.2) is 24.0 Å². The summed E-state index contributed by atoms with van der Waals surface area (Å²) < 4.78 is 0. The van der Waals surface area contributed by atoms with Crippen molar-refractivity contribution >= 4 is 28.8 Å². The van der Waals surface area contributed by atoms with Gasteiger partial charge in [-0.3, -0.25) is 4.79 Å². The van der Waals surface area contributed by atoms with Crippen LogP contribution in [0.2, 0.25) is 0 Å². The maximum absolute atomic E-state index is 11.8. The third kappa shape index (κ3) is 4.29. The molecular weight excluding hydrogens is 312 g/mol. The highest BCUT2D eigenvalue weighted by Gasteiger charge is 2.29. The zero-order valence-electron chi connectivity index (χ0n) is 15.2. The number of amides is 1. The Morgan fingerprint density at radius 3 is 2.52 bits per heavy atom. The predicted molar refractivity (Wildman–Crippen MR) is 104 cm³/mol. The predicted octanol–water partition coefficient (Wildman–Crippen LogP) is 4.33. The maximum atomic E-state index is 11.8. The van der Waals surface area contributed by atoms with Crippen LogP contribution in [0.25, 0.3) is 0 Å².